The molecule has 3 rings (SSSR count). The van der Waals surface area contributed by atoms with Crippen molar-refractivity contribution in [1.29, 1.82) is 0 Å². The predicted molar refractivity (Wildman–Crippen MR) is 115 cm³/mol. The van der Waals surface area contributed by atoms with E-state index in [1.807, 2.05) is 44.2 Å². The molecule has 0 amide bonds. The summed E-state index contributed by atoms with van der Waals surface area (Å²) in [5, 5.41) is 0. The highest BCUT2D eigenvalue weighted by Gasteiger charge is 2.23. The number of carbonyl (C=O) groups excluding carboxylic acids is 1. The van der Waals surface area contributed by atoms with E-state index in [-0.39, 0.29) is 28.8 Å². The Bertz CT molecular complexity index is 1130. The molecule has 0 aliphatic carbocycles. The van der Waals surface area contributed by atoms with Crippen molar-refractivity contribution < 1.29 is 22.7 Å². The van der Waals surface area contributed by atoms with Crippen molar-refractivity contribution in [2.75, 3.05) is 13.2 Å². The van der Waals surface area contributed by atoms with Crippen LogP contribution in [-0.2, 0) is 19.4 Å². The van der Waals surface area contributed by atoms with E-state index in [0.717, 1.165) is 22.3 Å². The average Bonchev–Trinajstić information content (AvgIpc) is 2.72. The summed E-state index contributed by atoms with van der Waals surface area (Å²) in [6, 6.07) is 19.7. The molecule has 0 bridgehead atoms. The van der Waals surface area contributed by atoms with Crippen LogP contribution in [0.15, 0.2) is 76.5 Å². The predicted octanol–water partition coefficient (Wildman–Crippen LogP) is 4.75. The monoisotopic (exact) mass is 424 g/mol. The van der Waals surface area contributed by atoms with Crippen molar-refractivity contribution in [2.24, 2.45) is 0 Å². The highest BCUT2D eigenvalue weighted by Crippen LogP contribution is 2.34. The molecule has 0 spiro atoms. The summed E-state index contributed by atoms with van der Waals surface area (Å²) in [6.45, 7) is 5.30. The Labute approximate surface area is 177 Å². The van der Waals surface area contributed by atoms with E-state index in [1.54, 1.807) is 36.4 Å². The zero-order chi connectivity index (χ0) is 21.7. The molecule has 3 aromatic carbocycles. The third-order valence-electron chi connectivity index (χ3n) is 4.60. The summed E-state index contributed by atoms with van der Waals surface area (Å²) in [5.74, 6) is -0.195. The first-order chi connectivity index (χ1) is 14.3. The molecule has 5 nitrogen and oxygen atoms in total. The molecule has 0 unspecified atom stereocenters. The van der Waals surface area contributed by atoms with E-state index in [0.29, 0.717) is 0 Å². The van der Waals surface area contributed by atoms with Gasteiger partial charge in [-0.2, -0.15) is 0 Å². The van der Waals surface area contributed by atoms with Gasteiger partial charge in [-0.1, -0.05) is 53.6 Å². The Morgan fingerprint density at radius 3 is 1.97 bits per heavy atom. The van der Waals surface area contributed by atoms with Crippen LogP contribution in [0.5, 0.6) is 5.75 Å². The quantitative estimate of drug-likeness (QED) is 0.405. The second-order valence-electron chi connectivity index (χ2n) is 7.03. The van der Waals surface area contributed by atoms with Gasteiger partial charge < -0.3 is 9.47 Å². The number of hydrogen-bond acceptors (Lipinski definition) is 5. The standard InChI is InChI=1S/C24H24O5S/c1-17-4-8-20(9-5-17)21-10-13-23(29-15-14-28-19(3)25)24(16-21)30(26,27)22-11-6-18(2)7-12-22/h4-13,16H,14-15H2,1-3H3. The summed E-state index contributed by atoms with van der Waals surface area (Å²) in [5.41, 5.74) is 3.78. The molecule has 0 heterocycles. The van der Waals surface area contributed by atoms with Crippen LogP contribution < -0.4 is 4.74 Å². The fraction of sp³-hybridized carbons (Fsp3) is 0.208. The van der Waals surface area contributed by atoms with Crippen LogP contribution in [0, 0.1) is 13.8 Å². The van der Waals surface area contributed by atoms with Crippen LogP contribution in [0.4, 0.5) is 0 Å². The van der Waals surface area contributed by atoms with Crippen molar-refractivity contribution in [3.63, 3.8) is 0 Å². The molecule has 156 valence electrons. The van der Waals surface area contributed by atoms with Gasteiger partial charge in [0.1, 0.15) is 23.9 Å². The summed E-state index contributed by atoms with van der Waals surface area (Å²) in [6.07, 6.45) is 0. The maximum atomic E-state index is 13.4. The summed E-state index contributed by atoms with van der Waals surface area (Å²) >= 11 is 0. The minimum absolute atomic E-state index is 0.0407. The van der Waals surface area contributed by atoms with Gasteiger partial charge in [-0.25, -0.2) is 8.42 Å². The first kappa shape index (κ1) is 21.6. The molecule has 3 aromatic rings. The molecule has 0 aliphatic heterocycles. The normalized spacial score (nSPS) is 11.2. The van der Waals surface area contributed by atoms with Crippen LogP contribution in [0.3, 0.4) is 0 Å². The fourth-order valence-corrected chi connectivity index (χ4v) is 4.37. The molecule has 0 N–H and O–H groups in total. The number of carbonyl (C=O) groups is 1. The highest BCUT2D eigenvalue weighted by atomic mass is 32.2. The second kappa shape index (κ2) is 9.13. The van der Waals surface area contributed by atoms with Crippen molar-refractivity contribution in [3.05, 3.63) is 77.9 Å². The van der Waals surface area contributed by atoms with Crippen molar-refractivity contribution in [2.45, 2.75) is 30.6 Å². The summed E-state index contributed by atoms with van der Waals surface area (Å²) in [7, 11) is -3.81. The highest BCUT2D eigenvalue weighted by molar-refractivity contribution is 7.91. The molecule has 0 aromatic heterocycles. The number of aryl methyl sites for hydroxylation is 2. The van der Waals surface area contributed by atoms with E-state index in [9.17, 15) is 13.2 Å². The lowest BCUT2D eigenvalue weighted by molar-refractivity contribution is -0.141. The van der Waals surface area contributed by atoms with Gasteiger partial charge in [0.2, 0.25) is 9.84 Å². The van der Waals surface area contributed by atoms with Gasteiger partial charge in [0.05, 0.1) is 4.90 Å². The van der Waals surface area contributed by atoms with Gasteiger partial charge in [0.25, 0.3) is 0 Å². The maximum Gasteiger partial charge on any atom is 0.302 e. The van der Waals surface area contributed by atoms with Gasteiger partial charge in [-0.15, -0.1) is 0 Å². The van der Waals surface area contributed by atoms with Gasteiger partial charge in [0, 0.05) is 6.92 Å². The van der Waals surface area contributed by atoms with Crippen molar-refractivity contribution in [1.82, 2.24) is 0 Å². The Balaban J connectivity index is 2.03. The van der Waals surface area contributed by atoms with E-state index in [4.69, 9.17) is 9.47 Å². The molecule has 0 radical (unpaired) electrons. The van der Waals surface area contributed by atoms with Gasteiger partial charge in [0.15, 0.2) is 0 Å². The lowest BCUT2D eigenvalue weighted by atomic mass is 10.0. The first-order valence-corrected chi connectivity index (χ1v) is 11.0. The molecular weight excluding hydrogens is 400 g/mol. The van der Waals surface area contributed by atoms with E-state index < -0.39 is 15.8 Å². The van der Waals surface area contributed by atoms with E-state index in [2.05, 4.69) is 0 Å². The van der Waals surface area contributed by atoms with Crippen molar-refractivity contribution in [3.8, 4) is 16.9 Å². The Hall–Kier alpha value is -3.12. The molecule has 0 saturated carbocycles. The molecule has 30 heavy (non-hydrogen) atoms. The Morgan fingerprint density at radius 2 is 1.37 bits per heavy atom. The Kier molecular flexibility index (Phi) is 6.57. The van der Waals surface area contributed by atoms with Crippen LogP contribution in [0.1, 0.15) is 18.1 Å². The molecule has 0 fully saturated rings. The molecule has 6 heteroatoms. The fourth-order valence-electron chi connectivity index (χ4n) is 2.94. The lowest BCUT2D eigenvalue weighted by Crippen LogP contribution is -2.12. The van der Waals surface area contributed by atoms with Gasteiger partial charge >= 0.3 is 5.97 Å². The largest absolute Gasteiger partial charge is 0.489 e. The zero-order valence-electron chi connectivity index (χ0n) is 17.2. The molecule has 0 atom stereocenters. The number of rotatable bonds is 7. The van der Waals surface area contributed by atoms with Crippen LogP contribution in [0.2, 0.25) is 0 Å². The minimum atomic E-state index is -3.81. The summed E-state index contributed by atoms with van der Waals surface area (Å²) in [4.78, 5) is 11.2. The lowest BCUT2D eigenvalue weighted by Gasteiger charge is -2.14. The Morgan fingerprint density at radius 1 is 0.800 bits per heavy atom. The number of hydrogen-bond donors (Lipinski definition) is 0. The van der Waals surface area contributed by atoms with E-state index >= 15 is 0 Å². The molecular formula is C24H24O5S. The topological polar surface area (TPSA) is 69.7 Å². The summed E-state index contributed by atoms with van der Waals surface area (Å²) < 4.78 is 37.3. The number of benzene rings is 3. The van der Waals surface area contributed by atoms with Crippen LogP contribution in [-0.4, -0.2) is 27.6 Å². The van der Waals surface area contributed by atoms with Crippen molar-refractivity contribution >= 4 is 15.8 Å². The number of ether oxygens (including phenoxy) is 2. The third-order valence-corrected chi connectivity index (χ3v) is 6.39. The molecule has 0 aliphatic rings. The number of sulfone groups is 1. The SMILES string of the molecule is CC(=O)OCCOc1ccc(-c2ccc(C)cc2)cc1S(=O)(=O)c1ccc(C)cc1. The zero-order valence-corrected chi connectivity index (χ0v) is 18.0. The number of esters is 1. The van der Waals surface area contributed by atoms with Crippen LogP contribution in [0.25, 0.3) is 11.1 Å². The van der Waals surface area contributed by atoms with Gasteiger partial charge in [-0.05, 0) is 49.2 Å². The van der Waals surface area contributed by atoms with Gasteiger partial charge in [-0.3, -0.25) is 4.79 Å². The van der Waals surface area contributed by atoms with Crippen LogP contribution >= 0.6 is 0 Å². The smallest absolute Gasteiger partial charge is 0.302 e. The minimum Gasteiger partial charge on any atom is -0.489 e. The first-order valence-electron chi connectivity index (χ1n) is 9.56. The third kappa shape index (κ3) is 5.07. The molecule has 0 saturated heterocycles. The maximum absolute atomic E-state index is 13.4. The van der Waals surface area contributed by atoms with E-state index in [1.165, 1.54) is 6.92 Å². The second-order valence-corrected chi connectivity index (χ2v) is 8.95. The average molecular weight is 425 g/mol.